The largest absolute Gasteiger partial charge is 0.428 e. The van der Waals surface area contributed by atoms with E-state index in [2.05, 4.69) is 4.74 Å². The minimum Gasteiger partial charge on any atom is -0.428 e. The van der Waals surface area contributed by atoms with E-state index in [0.29, 0.717) is 23.4 Å². The van der Waals surface area contributed by atoms with Gasteiger partial charge >= 0.3 is 12.1 Å². The van der Waals surface area contributed by atoms with E-state index in [0.717, 1.165) is 12.8 Å². The minimum absolute atomic E-state index is 0.0752. The Hall–Kier alpha value is -2.08. The number of benzene rings is 1. The quantitative estimate of drug-likeness (QED) is 0.613. The van der Waals surface area contributed by atoms with Crippen molar-refractivity contribution in [3.63, 3.8) is 0 Å². The maximum Gasteiger partial charge on any atom is 0.413 e. The first-order chi connectivity index (χ1) is 11.4. The second-order valence-corrected chi connectivity index (χ2v) is 6.10. The number of rotatable bonds is 4. The van der Waals surface area contributed by atoms with Crippen LogP contribution in [-0.2, 0) is 24.6 Å². The molecule has 0 saturated heterocycles. The van der Waals surface area contributed by atoms with Crippen molar-refractivity contribution >= 4 is 29.4 Å². The van der Waals surface area contributed by atoms with Crippen molar-refractivity contribution in [1.29, 1.82) is 0 Å². The number of ketones is 1. The third kappa shape index (κ3) is 3.53. The van der Waals surface area contributed by atoms with Crippen LogP contribution in [0.3, 0.4) is 0 Å². The molecule has 2 rings (SSSR count). The third-order valence-corrected chi connectivity index (χ3v) is 4.59. The standard InChI is InChI=1S/C17H20ClNO5/c1-12(20)23-11-24-16(22)19(2)17(10-6-5-9-15(17)21)13-7-3-4-8-14(13)18/h3-4,7-8H,5-6,9-11H2,1-2H3/t17-/m0/s1. The van der Waals surface area contributed by atoms with Gasteiger partial charge in [0.1, 0.15) is 5.54 Å². The number of amides is 1. The molecule has 1 aliphatic rings. The van der Waals surface area contributed by atoms with Gasteiger partial charge < -0.3 is 9.47 Å². The lowest BCUT2D eigenvalue weighted by molar-refractivity contribution is -0.151. The van der Waals surface area contributed by atoms with Crippen molar-refractivity contribution in [3.8, 4) is 0 Å². The second-order valence-electron chi connectivity index (χ2n) is 5.69. The van der Waals surface area contributed by atoms with Gasteiger partial charge in [0.2, 0.25) is 6.79 Å². The molecule has 1 saturated carbocycles. The molecule has 1 atom stereocenters. The average molecular weight is 354 g/mol. The highest BCUT2D eigenvalue weighted by atomic mass is 35.5. The highest BCUT2D eigenvalue weighted by Gasteiger charge is 2.48. The maximum absolute atomic E-state index is 12.8. The Morgan fingerprint density at radius 1 is 1.25 bits per heavy atom. The molecular weight excluding hydrogens is 334 g/mol. The molecule has 0 spiro atoms. The number of hydrogen-bond acceptors (Lipinski definition) is 5. The zero-order chi connectivity index (χ0) is 17.7. The van der Waals surface area contributed by atoms with E-state index in [1.165, 1.54) is 18.9 Å². The number of halogens is 1. The molecule has 1 aromatic carbocycles. The lowest BCUT2D eigenvalue weighted by Crippen LogP contribution is -2.54. The fraction of sp³-hybridized carbons (Fsp3) is 0.471. The first-order valence-electron chi connectivity index (χ1n) is 7.72. The summed E-state index contributed by atoms with van der Waals surface area (Å²) < 4.78 is 9.57. The topological polar surface area (TPSA) is 72.9 Å². The van der Waals surface area contributed by atoms with Gasteiger partial charge in [0.25, 0.3) is 0 Å². The van der Waals surface area contributed by atoms with E-state index < -0.39 is 24.4 Å². The number of carbonyl (C=O) groups excluding carboxylic acids is 3. The van der Waals surface area contributed by atoms with Gasteiger partial charge in [0.05, 0.1) is 0 Å². The highest BCUT2D eigenvalue weighted by molar-refractivity contribution is 6.31. The molecule has 0 aliphatic heterocycles. The van der Waals surface area contributed by atoms with Crippen LogP contribution < -0.4 is 0 Å². The maximum atomic E-state index is 12.8. The van der Waals surface area contributed by atoms with Crippen LogP contribution in [0.5, 0.6) is 0 Å². The van der Waals surface area contributed by atoms with E-state index in [4.69, 9.17) is 16.3 Å². The van der Waals surface area contributed by atoms with Gasteiger partial charge in [-0.15, -0.1) is 0 Å². The molecule has 0 unspecified atom stereocenters. The first-order valence-corrected chi connectivity index (χ1v) is 8.09. The molecule has 0 radical (unpaired) electrons. The number of carbonyl (C=O) groups is 3. The third-order valence-electron chi connectivity index (χ3n) is 4.26. The summed E-state index contributed by atoms with van der Waals surface area (Å²) in [5.41, 5.74) is -0.576. The van der Waals surface area contributed by atoms with Crippen molar-refractivity contribution in [2.75, 3.05) is 13.8 Å². The van der Waals surface area contributed by atoms with Crippen LogP contribution >= 0.6 is 11.6 Å². The van der Waals surface area contributed by atoms with Crippen LogP contribution in [-0.4, -0.2) is 36.6 Å². The van der Waals surface area contributed by atoms with Gasteiger partial charge in [0, 0.05) is 31.0 Å². The molecule has 1 aliphatic carbocycles. The molecule has 0 bridgehead atoms. The summed E-state index contributed by atoms with van der Waals surface area (Å²) in [4.78, 5) is 37.2. The average Bonchev–Trinajstić information content (AvgIpc) is 2.55. The van der Waals surface area contributed by atoms with Crippen LogP contribution in [0.15, 0.2) is 24.3 Å². The molecule has 0 N–H and O–H groups in total. The van der Waals surface area contributed by atoms with Gasteiger partial charge in [-0.2, -0.15) is 0 Å². The fourth-order valence-corrected chi connectivity index (χ4v) is 3.34. The summed E-state index contributed by atoms with van der Waals surface area (Å²) in [6.45, 7) is 0.721. The van der Waals surface area contributed by atoms with E-state index in [-0.39, 0.29) is 5.78 Å². The summed E-state index contributed by atoms with van der Waals surface area (Å²) in [6, 6.07) is 6.99. The molecule has 1 amide bonds. The van der Waals surface area contributed by atoms with Crippen LogP contribution in [0.25, 0.3) is 0 Å². The molecular formula is C17H20ClNO5. The van der Waals surface area contributed by atoms with Crippen molar-refractivity contribution < 1.29 is 23.9 Å². The summed E-state index contributed by atoms with van der Waals surface area (Å²) >= 11 is 6.31. The Labute approximate surface area is 145 Å². The van der Waals surface area contributed by atoms with Gasteiger partial charge in [0.15, 0.2) is 5.78 Å². The Balaban J connectivity index is 2.33. The molecule has 24 heavy (non-hydrogen) atoms. The smallest absolute Gasteiger partial charge is 0.413 e. The minimum atomic E-state index is -1.16. The molecule has 6 nitrogen and oxygen atoms in total. The second kappa shape index (κ2) is 7.66. The molecule has 7 heteroatoms. The van der Waals surface area contributed by atoms with E-state index in [1.807, 2.05) is 0 Å². The molecule has 1 fully saturated rings. The predicted molar refractivity (Wildman–Crippen MR) is 87.5 cm³/mol. The van der Waals surface area contributed by atoms with Gasteiger partial charge in [-0.1, -0.05) is 29.8 Å². The number of likely N-dealkylation sites (N-methyl/N-ethyl adjacent to an activating group) is 1. The zero-order valence-electron chi connectivity index (χ0n) is 13.7. The molecule has 0 aromatic heterocycles. The Morgan fingerprint density at radius 3 is 2.58 bits per heavy atom. The highest BCUT2D eigenvalue weighted by Crippen LogP contribution is 2.42. The van der Waals surface area contributed by atoms with Gasteiger partial charge in [-0.05, 0) is 25.3 Å². The summed E-state index contributed by atoms with van der Waals surface area (Å²) in [5.74, 6) is -0.631. The monoisotopic (exact) mass is 353 g/mol. The van der Waals surface area contributed by atoms with Crippen LogP contribution in [0.4, 0.5) is 4.79 Å². The number of nitrogens with zero attached hydrogens (tertiary/aromatic N) is 1. The van der Waals surface area contributed by atoms with Gasteiger partial charge in [-0.3, -0.25) is 14.5 Å². The van der Waals surface area contributed by atoms with E-state index >= 15 is 0 Å². The fourth-order valence-electron chi connectivity index (χ4n) is 3.05. The number of esters is 1. The number of ether oxygens (including phenoxy) is 2. The first kappa shape index (κ1) is 18.3. The molecule has 0 heterocycles. The Bertz CT molecular complexity index is 648. The van der Waals surface area contributed by atoms with Crippen LogP contribution in [0, 0.1) is 0 Å². The Morgan fingerprint density at radius 2 is 1.96 bits per heavy atom. The van der Waals surface area contributed by atoms with Crippen molar-refractivity contribution in [3.05, 3.63) is 34.9 Å². The number of Topliss-reactive ketones (excluding diaryl/α,β-unsaturated/α-hetero) is 1. The lowest BCUT2D eigenvalue weighted by Gasteiger charge is -2.43. The van der Waals surface area contributed by atoms with Crippen molar-refractivity contribution in [2.45, 2.75) is 38.1 Å². The van der Waals surface area contributed by atoms with Crippen LogP contribution in [0.2, 0.25) is 5.02 Å². The SMILES string of the molecule is CC(=O)OCOC(=O)N(C)[C@]1(c2ccccc2Cl)CCCCC1=O. The molecule has 1 aromatic rings. The van der Waals surface area contributed by atoms with Crippen LogP contribution in [0.1, 0.15) is 38.2 Å². The number of hydrogen-bond donors (Lipinski definition) is 0. The van der Waals surface area contributed by atoms with E-state index in [1.54, 1.807) is 24.3 Å². The zero-order valence-corrected chi connectivity index (χ0v) is 14.5. The molecule has 130 valence electrons. The predicted octanol–water partition coefficient (Wildman–Crippen LogP) is 3.27. The lowest BCUT2D eigenvalue weighted by atomic mass is 9.74. The summed E-state index contributed by atoms with van der Waals surface area (Å²) in [5, 5.41) is 0.424. The van der Waals surface area contributed by atoms with Crippen molar-refractivity contribution in [2.24, 2.45) is 0 Å². The van der Waals surface area contributed by atoms with Crippen molar-refractivity contribution in [1.82, 2.24) is 4.90 Å². The summed E-state index contributed by atoms with van der Waals surface area (Å²) in [7, 11) is 1.50. The Kier molecular flexibility index (Phi) is 5.83. The normalized spacial score (nSPS) is 20.4. The summed E-state index contributed by atoms with van der Waals surface area (Å²) in [6.07, 6.45) is 1.66. The van der Waals surface area contributed by atoms with Gasteiger partial charge in [-0.25, -0.2) is 4.79 Å². The van der Waals surface area contributed by atoms with E-state index in [9.17, 15) is 14.4 Å².